The first kappa shape index (κ1) is 10.1. The molecular weight excluding hydrogens is 175 g/mol. The second kappa shape index (κ2) is 2.63. The molecular formula is C4H3F5O2. The van der Waals surface area contributed by atoms with Gasteiger partial charge in [0.1, 0.15) is 6.67 Å². The zero-order chi connectivity index (χ0) is 9.28. The van der Waals surface area contributed by atoms with E-state index in [0.717, 1.165) is 0 Å². The molecule has 1 N–H and O–H groups in total. The average molecular weight is 178 g/mol. The van der Waals surface area contributed by atoms with Crippen molar-refractivity contribution in [2.75, 3.05) is 6.67 Å². The van der Waals surface area contributed by atoms with Gasteiger partial charge in [-0.25, -0.2) is 13.6 Å². The van der Waals surface area contributed by atoms with E-state index in [1.54, 1.807) is 0 Å². The third-order valence-corrected chi connectivity index (χ3v) is 0.972. The quantitative estimate of drug-likeness (QED) is 0.647. The number of rotatable bonds is 2. The van der Waals surface area contributed by atoms with E-state index in [4.69, 9.17) is 5.11 Å². The highest BCUT2D eigenvalue weighted by Gasteiger charge is 2.62. The summed E-state index contributed by atoms with van der Waals surface area (Å²) < 4.78 is 57.4. The number of halogens is 5. The Hall–Kier alpha value is -0.880. The fourth-order valence-electron chi connectivity index (χ4n) is 0.254. The zero-order valence-corrected chi connectivity index (χ0v) is 4.95. The van der Waals surface area contributed by atoms with Crippen LogP contribution < -0.4 is 0 Å². The summed E-state index contributed by atoms with van der Waals surface area (Å²) in [6.45, 7) is -2.62. The van der Waals surface area contributed by atoms with Crippen LogP contribution >= 0.6 is 0 Å². The van der Waals surface area contributed by atoms with E-state index in [2.05, 4.69) is 0 Å². The Kier molecular flexibility index (Phi) is 2.42. The van der Waals surface area contributed by atoms with Crippen molar-refractivity contribution in [3.63, 3.8) is 0 Å². The van der Waals surface area contributed by atoms with Crippen LogP contribution in [0.5, 0.6) is 0 Å². The van der Waals surface area contributed by atoms with Crippen molar-refractivity contribution in [1.29, 1.82) is 0 Å². The van der Waals surface area contributed by atoms with E-state index < -0.39 is 24.5 Å². The molecule has 0 amide bonds. The Morgan fingerprint density at radius 2 is 1.64 bits per heavy atom. The maximum Gasteiger partial charge on any atom is 0.436 e. The molecule has 0 aliphatic heterocycles. The van der Waals surface area contributed by atoms with Gasteiger partial charge in [-0.3, -0.25) is 0 Å². The van der Waals surface area contributed by atoms with Crippen molar-refractivity contribution in [2.45, 2.75) is 11.8 Å². The molecule has 7 heteroatoms. The molecule has 0 spiro atoms. The molecule has 0 aliphatic carbocycles. The Balaban J connectivity index is 4.75. The fraction of sp³-hybridized carbons (Fsp3) is 0.750. The molecule has 0 saturated carbocycles. The topological polar surface area (TPSA) is 37.3 Å². The minimum absolute atomic E-state index is 2.62. The normalized spacial score (nSPS) is 17.5. The lowest BCUT2D eigenvalue weighted by Crippen LogP contribution is -2.50. The highest BCUT2D eigenvalue weighted by atomic mass is 19.4. The van der Waals surface area contributed by atoms with E-state index in [1.165, 1.54) is 0 Å². The van der Waals surface area contributed by atoms with Crippen LogP contribution in [-0.2, 0) is 4.79 Å². The SMILES string of the molecule is O=C(O)C(F)(CF)C(F)(F)F. The highest BCUT2D eigenvalue weighted by Crippen LogP contribution is 2.34. The average Bonchev–Trinajstić information content (AvgIpc) is 1.83. The van der Waals surface area contributed by atoms with Crippen LogP contribution in [0.4, 0.5) is 22.0 Å². The number of alkyl halides is 5. The Labute approximate surface area is 57.6 Å². The minimum atomic E-state index is -5.71. The number of carboxylic acids is 1. The molecule has 0 radical (unpaired) electrons. The van der Waals surface area contributed by atoms with E-state index in [0.29, 0.717) is 0 Å². The third kappa shape index (κ3) is 1.58. The number of carbonyl (C=O) groups is 1. The van der Waals surface area contributed by atoms with Gasteiger partial charge in [0, 0.05) is 0 Å². The molecule has 66 valence electrons. The number of aliphatic carboxylic acids is 1. The van der Waals surface area contributed by atoms with Gasteiger partial charge in [0.25, 0.3) is 0 Å². The molecule has 0 bridgehead atoms. The first-order valence-corrected chi connectivity index (χ1v) is 2.30. The van der Waals surface area contributed by atoms with Gasteiger partial charge in [0.2, 0.25) is 0 Å². The summed E-state index contributed by atoms with van der Waals surface area (Å²) >= 11 is 0. The predicted octanol–water partition coefficient (Wildman–Crippen LogP) is 1.31. The zero-order valence-electron chi connectivity index (χ0n) is 4.95. The van der Waals surface area contributed by atoms with Crippen molar-refractivity contribution >= 4 is 5.97 Å². The molecule has 0 aromatic rings. The number of hydrogen-bond acceptors (Lipinski definition) is 1. The third-order valence-electron chi connectivity index (χ3n) is 0.972. The first-order chi connectivity index (χ1) is 4.75. The molecule has 1 unspecified atom stereocenters. The fourth-order valence-corrected chi connectivity index (χ4v) is 0.254. The molecule has 0 aromatic heterocycles. The highest BCUT2D eigenvalue weighted by molar-refractivity contribution is 5.78. The second-order valence-electron chi connectivity index (χ2n) is 1.74. The summed E-state index contributed by atoms with van der Waals surface area (Å²) in [5.74, 6) is -2.87. The van der Waals surface area contributed by atoms with Gasteiger partial charge in [-0.2, -0.15) is 13.2 Å². The molecule has 2 nitrogen and oxygen atoms in total. The molecule has 0 saturated heterocycles. The Morgan fingerprint density at radius 1 is 1.27 bits per heavy atom. The molecule has 0 fully saturated rings. The van der Waals surface area contributed by atoms with Crippen LogP contribution in [0, 0.1) is 0 Å². The monoisotopic (exact) mass is 178 g/mol. The van der Waals surface area contributed by atoms with E-state index in [1.807, 2.05) is 0 Å². The summed E-state index contributed by atoms with van der Waals surface area (Å²) in [6, 6.07) is 0. The smallest absolute Gasteiger partial charge is 0.436 e. The van der Waals surface area contributed by atoms with Crippen LogP contribution in [0.1, 0.15) is 0 Å². The van der Waals surface area contributed by atoms with Crippen LogP contribution in [0.15, 0.2) is 0 Å². The van der Waals surface area contributed by atoms with Crippen LogP contribution in [-0.4, -0.2) is 29.6 Å². The van der Waals surface area contributed by atoms with Gasteiger partial charge in [0.15, 0.2) is 0 Å². The van der Waals surface area contributed by atoms with Crippen LogP contribution in [0.2, 0.25) is 0 Å². The van der Waals surface area contributed by atoms with Crippen LogP contribution in [0.3, 0.4) is 0 Å². The first-order valence-electron chi connectivity index (χ1n) is 2.30. The van der Waals surface area contributed by atoms with Crippen molar-refractivity contribution < 1.29 is 31.9 Å². The lowest BCUT2D eigenvalue weighted by Gasteiger charge is -2.19. The number of hydrogen-bond donors (Lipinski definition) is 1. The summed E-state index contributed by atoms with van der Waals surface area (Å²) in [5.41, 5.74) is -4.77. The Bertz CT molecular complexity index is 164. The van der Waals surface area contributed by atoms with Crippen molar-refractivity contribution in [1.82, 2.24) is 0 Å². The predicted molar refractivity (Wildman–Crippen MR) is 23.5 cm³/mol. The van der Waals surface area contributed by atoms with E-state index in [-0.39, 0.29) is 0 Å². The van der Waals surface area contributed by atoms with Gasteiger partial charge < -0.3 is 5.11 Å². The standard InChI is InChI=1S/C4H3F5O2/c5-1-3(6,2(10)11)4(7,8)9/h1H2,(H,10,11). The van der Waals surface area contributed by atoms with Gasteiger partial charge in [0.05, 0.1) is 0 Å². The van der Waals surface area contributed by atoms with Gasteiger partial charge in [-0.05, 0) is 0 Å². The molecule has 1 atom stereocenters. The summed E-state index contributed by atoms with van der Waals surface area (Å²) in [6.07, 6.45) is -5.71. The lowest BCUT2D eigenvalue weighted by molar-refractivity contribution is -0.239. The molecule has 0 aliphatic rings. The molecule has 0 aromatic carbocycles. The van der Waals surface area contributed by atoms with Gasteiger partial charge in [-0.15, -0.1) is 0 Å². The largest absolute Gasteiger partial charge is 0.479 e. The summed E-state index contributed by atoms with van der Waals surface area (Å²) in [7, 11) is 0. The Morgan fingerprint density at radius 3 is 1.64 bits per heavy atom. The minimum Gasteiger partial charge on any atom is -0.479 e. The van der Waals surface area contributed by atoms with Gasteiger partial charge in [-0.1, -0.05) is 0 Å². The number of carboxylic acid groups (broad SMARTS) is 1. The summed E-state index contributed by atoms with van der Waals surface area (Å²) in [4.78, 5) is 9.56. The summed E-state index contributed by atoms with van der Waals surface area (Å²) in [5, 5.41) is 7.63. The molecule has 0 heterocycles. The van der Waals surface area contributed by atoms with Crippen LogP contribution in [0.25, 0.3) is 0 Å². The van der Waals surface area contributed by atoms with Gasteiger partial charge >= 0.3 is 17.8 Å². The maximum absolute atomic E-state index is 12.1. The molecule has 0 rings (SSSR count). The van der Waals surface area contributed by atoms with E-state index in [9.17, 15) is 26.7 Å². The molecule has 11 heavy (non-hydrogen) atoms. The lowest BCUT2D eigenvalue weighted by atomic mass is 10.1. The van der Waals surface area contributed by atoms with Crippen molar-refractivity contribution in [3.05, 3.63) is 0 Å². The van der Waals surface area contributed by atoms with E-state index >= 15 is 0 Å². The van der Waals surface area contributed by atoms with Crippen molar-refractivity contribution in [2.24, 2.45) is 0 Å². The second-order valence-corrected chi connectivity index (χ2v) is 1.74. The maximum atomic E-state index is 12.1. The van der Waals surface area contributed by atoms with Crippen molar-refractivity contribution in [3.8, 4) is 0 Å².